The van der Waals surface area contributed by atoms with E-state index >= 15 is 0 Å². The van der Waals surface area contributed by atoms with Gasteiger partial charge in [-0.15, -0.1) is 0 Å². The van der Waals surface area contributed by atoms with E-state index < -0.39 is 0 Å². The molecule has 0 atom stereocenters. The van der Waals surface area contributed by atoms with Crippen LogP contribution in [-0.4, -0.2) is 9.52 Å². The Balaban J connectivity index is 1.95. The lowest BCUT2D eigenvalue weighted by molar-refractivity contribution is 1.39. The van der Waals surface area contributed by atoms with Gasteiger partial charge in [-0.05, 0) is 33.3 Å². The van der Waals surface area contributed by atoms with E-state index in [1.165, 1.54) is 54.9 Å². The summed E-state index contributed by atoms with van der Waals surface area (Å²) in [5.41, 5.74) is 11.1. The maximum atomic E-state index is 2.35. The molecule has 0 amide bonds. The zero-order valence-corrected chi connectivity index (χ0v) is 15.1. The van der Waals surface area contributed by atoms with Gasteiger partial charge in [0.1, 0.15) is 0 Å². The fraction of sp³-hybridized carbons (Fsp3) is 0.182. The average Bonchev–Trinajstić information content (AvgIpc) is 2.85. The molecule has 1 aliphatic heterocycles. The second kappa shape index (κ2) is 5.21. The van der Waals surface area contributed by atoms with Crippen LogP contribution in [0.1, 0.15) is 22.3 Å². The van der Waals surface area contributed by atoms with Crippen molar-refractivity contribution in [2.24, 2.45) is 0 Å². The molecule has 3 aromatic rings. The van der Waals surface area contributed by atoms with Gasteiger partial charge in [-0.3, -0.25) is 0 Å². The van der Waals surface area contributed by atoms with E-state index in [0.29, 0.717) is 0 Å². The number of hydrogen-bond donors (Lipinski definition) is 0. The highest BCUT2D eigenvalue weighted by atomic mass is 28.2. The molecule has 0 saturated carbocycles. The van der Waals surface area contributed by atoms with Crippen LogP contribution in [0.4, 0.5) is 0 Å². The molecule has 0 unspecified atom stereocenters. The van der Waals surface area contributed by atoms with Crippen LogP contribution in [0.3, 0.4) is 0 Å². The van der Waals surface area contributed by atoms with Gasteiger partial charge in [-0.1, -0.05) is 87.5 Å². The number of aryl methyl sites for hydroxylation is 4. The van der Waals surface area contributed by atoms with Crippen LogP contribution in [0.5, 0.6) is 0 Å². The van der Waals surface area contributed by atoms with Crippen LogP contribution in [0, 0.1) is 27.7 Å². The topological polar surface area (TPSA) is 0 Å². The molecule has 1 heterocycles. The monoisotopic (exact) mass is 312 g/mol. The largest absolute Gasteiger partial charge is 0.394 e. The molecule has 1 radical (unpaired) electrons. The Morgan fingerprint density at radius 3 is 2.00 bits per heavy atom. The van der Waals surface area contributed by atoms with E-state index in [9.17, 15) is 0 Å². The van der Waals surface area contributed by atoms with E-state index in [-0.39, 0.29) is 0 Å². The van der Waals surface area contributed by atoms with Crippen LogP contribution in [0.25, 0.3) is 22.3 Å². The summed E-state index contributed by atoms with van der Waals surface area (Å²) in [6.45, 7) is 8.82. The summed E-state index contributed by atoms with van der Waals surface area (Å²) in [4.78, 5) is 0. The Bertz CT molecular complexity index is 915. The molecule has 0 aliphatic carbocycles. The first-order valence-corrected chi connectivity index (χ1v) is 9.13. The molecular weight excluding hydrogens is 292 g/mol. The highest BCUT2D eigenvalue weighted by Gasteiger charge is 2.13. The van der Waals surface area contributed by atoms with Gasteiger partial charge in [0.25, 0.3) is 0 Å². The second-order valence-corrected chi connectivity index (χ2v) is 7.98. The van der Waals surface area contributed by atoms with E-state index in [2.05, 4.69) is 76.2 Å². The first-order valence-electron chi connectivity index (χ1n) is 8.13. The number of hydrogen-bond acceptors (Lipinski definition) is 0. The van der Waals surface area contributed by atoms with Gasteiger partial charge >= 0.3 is 0 Å². The lowest BCUT2D eigenvalue weighted by Crippen LogP contribution is -2.24. The van der Waals surface area contributed by atoms with Gasteiger partial charge in [0.2, 0.25) is 0 Å². The molecule has 3 aromatic carbocycles. The minimum atomic E-state index is 0.764. The zero-order valence-electron chi connectivity index (χ0n) is 14.1. The molecule has 1 heteroatoms. The van der Waals surface area contributed by atoms with E-state index in [4.69, 9.17) is 0 Å². The van der Waals surface area contributed by atoms with Crippen molar-refractivity contribution in [1.82, 2.24) is 0 Å². The Morgan fingerprint density at radius 1 is 0.609 bits per heavy atom. The molecule has 113 valence electrons. The van der Waals surface area contributed by atoms with Crippen molar-refractivity contribution in [2.45, 2.75) is 27.7 Å². The Hall–Kier alpha value is -2.12. The summed E-state index contributed by atoms with van der Waals surface area (Å²) in [6.07, 6.45) is 0. The van der Waals surface area contributed by atoms with Crippen LogP contribution in [-0.2, 0) is 0 Å². The molecule has 1 aliphatic rings. The highest BCUT2D eigenvalue weighted by molar-refractivity contribution is 6.75. The first kappa shape index (κ1) is 14.5. The zero-order chi connectivity index (χ0) is 16.1. The minimum Gasteiger partial charge on any atom is -0.394 e. The summed E-state index contributed by atoms with van der Waals surface area (Å²) in [7, 11) is 0.764. The normalized spacial score (nSPS) is 11.8. The maximum Gasteiger partial charge on any atom is -0.0206 e. The second-order valence-electron chi connectivity index (χ2n) is 6.73. The van der Waals surface area contributed by atoms with Gasteiger partial charge in [-0.2, -0.15) is 0 Å². The summed E-state index contributed by atoms with van der Waals surface area (Å²) >= 11 is 0. The molecule has 0 N–H and O–H groups in total. The third-order valence-corrected chi connectivity index (χ3v) is 6.32. The van der Waals surface area contributed by atoms with Crippen LogP contribution in [0.15, 0.2) is 48.5 Å². The molecule has 23 heavy (non-hydrogen) atoms. The summed E-state index contributed by atoms with van der Waals surface area (Å²) in [6, 6.07) is 18.3. The van der Waals surface area contributed by atoms with Crippen molar-refractivity contribution >= 4 is 19.9 Å². The third-order valence-electron chi connectivity index (χ3n) is 4.62. The van der Waals surface area contributed by atoms with E-state index in [0.717, 1.165) is 9.52 Å². The summed E-state index contributed by atoms with van der Waals surface area (Å²) in [5, 5.41) is 3.05. The minimum absolute atomic E-state index is 0.764. The van der Waals surface area contributed by atoms with Crippen LogP contribution < -0.4 is 10.4 Å². The predicted octanol–water partition coefficient (Wildman–Crippen LogP) is 4.22. The van der Waals surface area contributed by atoms with E-state index in [1.807, 2.05) is 0 Å². The maximum absolute atomic E-state index is 2.35. The SMILES string of the molecule is Cc1cc(C)cc(-c2cccc3c2[Si-]c2c(C)cc(C)cc2-3)c1. The quantitative estimate of drug-likeness (QED) is 0.462. The van der Waals surface area contributed by atoms with Gasteiger partial charge in [0, 0.05) is 0 Å². The Kier molecular flexibility index (Phi) is 3.28. The molecule has 0 spiro atoms. The molecule has 0 fully saturated rings. The lowest BCUT2D eigenvalue weighted by atomic mass is 9.95. The van der Waals surface area contributed by atoms with E-state index in [1.54, 1.807) is 0 Å². The van der Waals surface area contributed by atoms with Crippen molar-refractivity contribution in [2.75, 3.05) is 0 Å². The smallest absolute Gasteiger partial charge is 0.0206 e. The molecule has 0 saturated heterocycles. The van der Waals surface area contributed by atoms with Gasteiger partial charge in [-0.25, -0.2) is 10.4 Å². The first-order chi connectivity index (χ1) is 11.0. The van der Waals surface area contributed by atoms with Gasteiger partial charge in [0.15, 0.2) is 0 Å². The van der Waals surface area contributed by atoms with Crippen molar-refractivity contribution in [1.29, 1.82) is 0 Å². The molecular formula is C22H20Si-. The Morgan fingerprint density at radius 2 is 1.26 bits per heavy atom. The molecule has 0 aromatic heterocycles. The van der Waals surface area contributed by atoms with Crippen LogP contribution >= 0.6 is 0 Å². The fourth-order valence-corrected chi connectivity index (χ4v) is 5.33. The van der Waals surface area contributed by atoms with Crippen molar-refractivity contribution < 1.29 is 0 Å². The standard InChI is InChI=1S/C22H20Si/c1-13-8-14(2)11-17(10-13)18-6-5-7-19-20-12-15(3)9-16(4)21(20)23-22(18)19/h5-12H,1-4H3/q-1. The van der Waals surface area contributed by atoms with Crippen molar-refractivity contribution in [3.05, 3.63) is 70.8 Å². The highest BCUT2D eigenvalue weighted by Crippen LogP contribution is 2.29. The summed E-state index contributed by atoms with van der Waals surface area (Å²) < 4.78 is 0. The molecule has 4 rings (SSSR count). The predicted molar refractivity (Wildman–Crippen MR) is 101 cm³/mol. The van der Waals surface area contributed by atoms with Crippen LogP contribution in [0.2, 0.25) is 0 Å². The summed E-state index contributed by atoms with van der Waals surface area (Å²) in [5.74, 6) is 0. The number of benzene rings is 3. The number of fused-ring (bicyclic) bond motifs is 3. The Labute approximate surface area is 141 Å². The fourth-order valence-electron chi connectivity index (χ4n) is 3.75. The molecule has 0 nitrogen and oxygen atoms in total. The lowest BCUT2D eigenvalue weighted by Gasteiger charge is -2.20. The van der Waals surface area contributed by atoms with Gasteiger partial charge < -0.3 is 9.52 Å². The van der Waals surface area contributed by atoms with Crippen molar-refractivity contribution in [3.63, 3.8) is 0 Å². The third kappa shape index (κ3) is 2.36. The average molecular weight is 312 g/mol. The molecule has 0 bridgehead atoms. The van der Waals surface area contributed by atoms with Crippen molar-refractivity contribution in [3.8, 4) is 22.3 Å². The number of rotatable bonds is 1. The van der Waals surface area contributed by atoms with Gasteiger partial charge in [0.05, 0.1) is 0 Å².